The highest BCUT2D eigenvalue weighted by Crippen LogP contribution is 2.10. The normalized spacial score (nSPS) is 10.1. The van der Waals surface area contributed by atoms with Gasteiger partial charge in [0.2, 0.25) is 0 Å². The van der Waals surface area contributed by atoms with Gasteiger partial charge >= 0.3 is 5.97 Å². The molecule has 3 heteroatoms. The molecule has 0 fully saturated rings. The number of benzene rings is 1. The highest BCUT2D eigenvalue weighted by Gasteiger charge is 2.11. The average Bonchev–Trinajstić information content (AvgIpc) is 2.27. The molecule has 0 amide bonds. The predicted octanol–water partition coefficient (Wildman–Crippen LogP) is 2.31. The summed E-state index contributed by atoms with van der Waals surface area (Å²) in [6.07, 6.45) is 0. The first-order valence-electron chi connectivity index (χ1n) is 4.79. The zero-order chi connectivity index (χ0) is 11.4. The van der Waals surface area contributed by atoms with E-state index in [1.165, 1.54) is 7.11 Å². The molecule has 0 aliphatic heterocycles. The minimum atomic E-state index is -0.390. The SMILES string of the molecule is COC(=O)c1ccc(C(=O)C(C)C)cc1. The molecule has 0 unspecified atom stereocenters. The molecule has 0 N–H and O–H groups in total. The van der Waals surface area contributed by atoms with Crippen LogP contribution in [0.2, 0.25) is 0 Å². The van der Waals surface area contributed by atoms with Crippen LogP contribution < -0.4 is 0 Å². The van der Waals surface area contributed by atoms with Crippen LogP contribution >= 0.6 is 0 Å². The molecule has 0 atom stereocenters. The Bertz CT molecular complexity index is 363. The van der Waals surface area contributed by atoms with Gasteiger partial charge in [0, 0.05) is 11.5 Å². The lowest BCUT2D eigenvalue weighted by atomic mass is 10.0. The zero-order valence-electron chi connectivity index (χ0n) is 9.11. The quantitative estimate of drug-likeness (QED) is 0.563. The molecule has 1 aromatic carbocycles. The molecule has 0 bridgehead atoms. The highest BCUT2D eigenvalue weighted by atomic mass is 16.5. The number of ketones is 1. The topological polar surface area (TPSA) is 43.4 Å². The largest absolute Gasteiger partial charge is 0.465 e. The lowest BCUT2D eigenvalue weighted by molar-refractivity contribution is 0.0600. The van der Waals surface area contributed by atoms with Gasteiger partial charge in [-0.25, -0.2) is 4.79 Å². The van der Waals surface area contributed by atoms with Crippen LogP contribution in [0.15, 0.2) is 24.3 Å². The van der Waals surface area contributed by atoms with Crippen LogP contribution in [-0.4, -0.2) is 18.9 Å². The van der Waals surface area contributed by atoms with E-state index < -0.39 is 5.97 Å². The molecular formula is C12H14O3. The Kier molecular flexibility index (Phi) is 3.61. The molecule has 3 nitrogen and oxygen atoms in total. The number of esters is 1. The van der Waals surface area contributed by atoms with Gasteiger partial charge in [0.15, 0.2) is 5.78 Å². The second kappa shape index (κ2) is 4.73. The summed E-state index contributed by atoms with van der Waals surface area (Å²) in [7, 11) is 1.33. The molecule has 0 heterocycles. The van der Waals surface area contributed by atoms with Gasteiger partial charge in [0.1, 0.15) is 0 Å². The van der Waals surface area contributed by atoms with Crippen molar-refractivity contribution in [1.82, 2.24) is 0 Å². The van der Waals surface area contributed by atoms with E-state index in [4.69, 9.17) is 0 Å². The smallest absolute Gasteiger partial charge is 0.337 e. The summed E-state index contributed by atoms with van der Waals surface area (Å²) in [6.45, 7) is 3.69. The molecule has 0 radical (unpaired) electrons. The van der Waals surface area contributed by atoms with Gasteiger partial charge in [0.25, 0.3) is 0 Å². The third kappa shape index (κ3) is 2.65. The minimum Gasteiger partial charge on any atom is -0.465 e. The maximum absolute atomic E-state index is 11.6. The van der Waals surface area contributed by atoms with E-state index in [0.29, 0.717) is 11.1 Å². The summed E-state index contributed by atoms with van der Waals surface area (Å²) in [5.74, 6) is -0.348. The van der Waals surface area contributed by atoms with Crippen LogP contribution in [0.4, 0.5) is 0 Å². The van der Waals surface area contributed by atoms with Crippen LogP contribution in [0, 0.1) is 5.92 Å². The second-order valence-corrected chi connectivity index (χ2v) is 3.59. The average molecular weight is 206 g/mol. The van der Waals surface area contributed by atoms with E-state index in [9.17, 15) is 9.59 Å². The van der Waals surface area contributed by atoms with E-state index in [0.717, 1.165) is 0 Å². The van der Waals surface area contributed by atoms with E-state index >= 15 is 0 Å². The first kappa shape index (κ1) is 11.4. The lowest BCUT2D eigenvalue weighted by Gasteiger charge is -2.04. The summed E-state index contributed by atoms with van der Waals surface area (Å²) >= 11 is 0. The van der Waals surface area contributed by atoms with Crippen LogP contribution in [0.25, 0.3) is 0 Å². The number of Topliss-reactive ketones (excluding diaryl/α,β-unsaturated/α-hetero) is 1. The Morgan fingerprint density at radius 3 is 1.93 bits per heavy atom. The van der Waals surface area contributed by atoms with Gasteiger partial charge in [-0.3, -0.25) is 4.79 Å². The van der Waals surface area contributed by atoms with E-state index in [1.54, 1.807) is 24.3 Å². The standard InChI is InChI=1S/C12H14O3/c1-8(2)11(13)9-4-6-10(7-5-9)12(14)15-3/h4-8H,1-3H3. The Labute approximate surface area is 89.1 Å². The van der Waals surface area contributed by atoms with E-state index in [2.05, 4.69) is 4.74 Å². The molecule has 15 heavy (non-hydrogen) atoms. The number of hydrogen-bond donors (Lipinski definition) is 0. The van der Waals surface area contributed by atoms with Crippen molar-refractivity contribution < 1.29 is 14.3 Å². The van der Waals surface area contributed by atoms with Crippen LogP contribution in [0.5, 0.6) is 0 Å². The fraction of sp³-hybridized carbons (Fsp3) is 0.333. The maximum Gasteiger partial charge on any atom is 0.337 e. The lowest BCUT2D eigenvalue weighted by Crippen LogP contribution is -2.08. The van der Waals surface area contributed by atoms with Gasteiger partial charge < -0.3 is 4.74 Å². The Balaban J connectivity index is 2.90. The monoisotopic (exact) mass is 206 g/mol. The zero-order valence-corrected chi connectivity index (χ0v) is 9.11. The van der Waals surface area contributed by atoms with Crippen molar-refractivity contribution in [2.24, 2.45) is 5.92 Å². The second-order valence-electron chi connectivity index (χ2n) is 3.59. The first-order chi connectivity index (χ1) is 7.06. The van der Waals surface area contributed by atoms with Crippen molar-refractivity contribution in [1.29, 1.82) is 0 Å². The third-order valence-corrected chi connectivity index (χ3v) is 2.11. The molecule has 0 aromatic heterocycles. The van der Waals surface area contributed by atoms with Gasteiger partial charge in [-0.2, -0.15) is 0 Å². The van der Waals surface area contributed by atoms with Crippen molar-refractivity contribution in [3.05, 3.63) is 35.4 Å². The fourth-order valence-corrected chi connectivity index (χ4v) is 1.22. The van der Waals surface area contributed by atoms with Crippen molar-refractivity contribution in [3.63, 3.8) is 0 Å². The van der Waals surface area contributed by atoms with Gasteiger partial charge in [-0.15, -0.1) is 0 Å². The molecule has 1 rings (SSSR count). The predicted molar refractivity (Wildman–Crippen MR) is 57.0 cm³/mol. The molecule has 80 valence electrons. The molecule has 0 saturated carbocycles. The maximum atomic E-state index is 11.6. The van der Waals surface area contributed by atoms with Crippen molar-refractivity contribution >= 4 is 11.8 Å². The highest BCUT2D eigenvalue weighted by molar-refractivity contribution is 5.98. The van der Waals surface area contributed by atoms with Gasteiger partial charge in [0.05, 0.1) is 12.7 Å². The van der Waals surface area contributed by atoms with Crippen LogP contribution in [0.3, 0.4) is 0 Å². The summed E-state index contributed by atoms with van der Waals surface area (Å²) in [5, 5.41) is 0. The number of rotatable bonds is 3. The Hall–Kier alpha value is -1.64. The summed E-state index contributed by atoms with van der Waals surface area (Å²) in [5.41, 5.74) is 1.08. The number of methoxy groups -OCH3 is 1. The van der Waals surface area contributed by atoms with Crippen molar-refractivity contribution in [2.75, 3.05) is 7.11 Å². The molecular weight excluding hydrogens is 192 g/mol. The fourth-order valence-electron chi connectivity index (χ4n) is 1.22. The summed E-state index contributed by atoms with van der Waals surface area (Å²) in [6, 6.07) is 6.49. The van der Waals surface area contributed by atoms with Gasteiger partial charge in [-0.1, -0.05) is 26.0 Å². The van der Waals surface area contributed by atoms with Gasteiger partial charge in [-0.05, 0) is 12.1 Å². The molecule has 0 spiro atoms. The summed E-state index contributed by atoms with van der Waals surface area (Å²) < 4.78 is 4.56. The molecule has 0 aliphatic carbocycles. The molecule has 1 aromatic rings. The van der Waals surface area contributed by atoms with Crippen LogP contribution in [0.1, 0.15) is 34.6 Å². The first-order valence-corrected chi connectivity index (χ1v) is 4.79. The molecule has 0 aliphatic rings. The van der Waals surface area contributed by atoms with E-state index in [-0.39, 0.29) is 11.7 Å². The molecule has 0 saturated heterocycles. The van der Waals surface area contributed by atoms with Crippen molar-refractivity contribution in [2.45, 2.75) is 13.8 Å². The van der Waals surface area contributed by atoms with Crippen molar-refractivity contribution in [3.8, 4) is 0 Å². The number of carbonyl (C=O) groups excluding carboxylic acids is 2. The van der Waals surface area contributed by atoms with Crippen LogP contribution in [-0.2, 0) is 4.74 Å². The number of ether oxygens (including phenoxy) is 1. The Morgan fingerprint density at radius 2 is 1.53 bits per heavy atom. The number of carbonyl (C=O) groups is 2. The van der Waals surface area contributed by atoms with E-state index in [1.807, 2.05) is 13.8 Å². The number of hydrogen-bond acceptors (Lipinski definition) is 3. The summed E-state index contributed by atoms with van der Waals surface area (Å²) in [4.78, 5) is 22.7. The minimum absolute atomic E-state index is 0.0334. The Morgan fingerprint density at radius 1 is 1.07 bits per heavy atom. The third-order valence-electron chi connectivity index (χ3n) is 2.11.